The maximum Gasteiger partial charge on any atom is 0.304 e. The first-order valence-electron chi connectivity index (χ1n) is 9.06. The van der Waals surface area contributed by atoms with Gasteiger partial charge in [-0.3, -0.25) is 9.59 Å². The molecule has 4 heteroatoms. The molecule has 0 bridgehead atoms. The summed E-state index contributed by atoms with van der Waals surface area (Å²) in [6.07, 6.45) is 10.4. The molecule has 2 N–H and O–H groups in total. The van der Waals surface area contributed by atoms with Crippen LogP contribution in [0.5, 0.6) is 0 Å². The topological polar surface area (TPSA) is 74.6 Å². The lowest BCUT2D eigenvalue weighted by Crippen LogP contribution is -2.06. The first-order chi connectivity index (χ1) is 12.0. The van der Waals surface area contributed by atoms with Crippen molar-refractivity contribution in [2.45, 2.75) is 71.1 Å². The molecule has 0 saturated heterocycles. The molecule has 0 aliphatic carbocycles. The van der Waals surface area contributed by atoms with Crippen molar-refractivity contribution in [1.29, 1.82) is 0 Å². The van der Waals surface area contributed by atoms with Crippen molar-refractivity contribution in [2.75, 3.05) is 0 Å². The lowest BCUT2D eigenvalue weighted by atomic mass is 9.97. The van der Waals surface area contributed by atoms with E-state index >= 15 is 0 Å². The van der Waals surface area contributed by atoms with E-state index in [2.05, 4.69) is 37.2 Å². The Morgan fingerprint density at radius 2 is 1.48 bits per heavy atom. The molecule has 0 amide bonds. The quantitative estimate of drug-likeness (QED) is 0.292. The summed E-state index contributed by atoms with van der Waals surface area (Å²) in [4.78, 5) is 21.6. The summed E-state index contributed by atoms with van der Waals surface area (Å²) in [7, 11) is 0. The number of unbranched alkanes of at least 4 members (excludes halogenated alkanes) is 6. The van der Waals surface area contributed by atoms with Crippen molar-refractivity contribution in [2.24, 2.45) is 11.8 Å². The van der Waals surface area contributed by atoms with Gasteiger partial charge in [0.15, 0.2) is 0 Å². The largest absolute Gasteiger partial charge is 0.481 e. The summed E-state index contributed by atoms with van der Waals surface area (Å²) in [5.41, 5.74) is 0. The number of carboxylic acid groups (broad SMARTS) is 2. The second kappa shape index (κ2) is 15.3. The maximum absolute atomic E-state index is 10.9. The highest BCUT2D eigenvalue weighted by Gasteiger charge is 2.10. The SMILES string of the molecule is C=C[C@H](C#CC#C[C@@H](CCCCCCCCC)CC(=O)O)CC(=O)O. The monoisotopic (exact) mass is 346 g/mol. The molecule has 0 aliphatic heterocycles. The van der Waals surface area contributed by atoms with Gasteiger partial charge in [0, 0.05) is 11.8 Å². The zero-order valence-corrected chi connectivity index (χ0v) is 15.2. The molecular formula is C21H30O4. The fraction of sp³-hybridized carbons (Fsp3) is 0.619. The third-order valence-corrected chi connectivity index (χ3v) is 3.85. The van der Waals surface area contributed by atoms with E-state index in [1.165, 1.54) is 38.2 Å². The van der Waals surface area contributed by atoms with Gasteiger partial charge in [-0.15, -0.1) is 6.58 Å². The lowest BCUT2D eigenvalue weighted by molar-refractivity contribution is -0.138. The van der Waals surface area contributed by atoms with Gasteiger partial charge in [0.25, 0.3) is 0 Å². The van der Waals surface area contributed by atoms with Crippen LogP contribution in [0.1, 0.15) is 71.1 Å². The Labute approximate surface area is 151 Å². The van der Waals surface area contributed by atoms with Crippen LogP contribution in [0, 0.1) is 35.5 Å². The molecule has 0 spiro atoms. The number of hydrogen-bond donors (Lipinski definition) is 2. The molecule has 2 atom stereocenters. The molecule has 0 aromatic rings. The third kappa shape index (κ3) is 15.1. The van der Waals surface area contributed by atoms with E-state index < -0.39 is 17.9 Å². The van der Waals surface area contributed by atoms with Crippen molar-refractivity contribution in [1.82, 2.24) is 0 Å². The maximum atomic E-state index is 10.9. The Balaban J connectivity index is 4.38. The van der Waals surface area contributed by atoms with E-state index in [0.717, 1.165) is 19.3 Å². The van der Waals surface area contributed by atoms with Crippen LogP contribution in [0.25, 0.3) is 0 Å². The Kier molecular flexibility index (Phi) is 14.0. The van der Waals surface area contributed by atoms with Crippen molar-refractivity contribution in [3.05, 3.63) is 12.7 Å². The molecule has 0 saturated carbocycles. The molecule has 0 fully saturated rings. The van der Waals surface area contributed by atoms with Crippen molar-refractivity contribution in [3.8, 4) is 23.7 Å². The lowest BCUT2D eigenvalue weighted by Gasteiger charge is -2.07. The number of carboxylic acids is 2. The molecule has 0 aromatic heterocycles. The summed E-state index contributed by atoms with van der Waals surface area (Å²) in [6.45, 7) is 5.74. The Morgan fingerprint density at radius 1 is 0.920 bits per heavy atom. The molecule has 0 unspecified atom stereocenters. The van der Waals surface area contributed by atoms with E-state index in [1.54, 1.807) is 0 Å². The van der Waals surface area contributed by atoms with Gasteiger partial charge in [-0.05, 0) is 18.3 Å². The van der Waals surface area contributed by atoms with Crippen LogP contribution >= 0.6 is 0 Å². The Morgan fingerprint density at radius 3 is 2.04 bits per heavy atom. The smallest absolute Gasteiger partial charge is 0.304 e. The van der Waals surface area contributed by atoms with Crippen molar-refractivity contribution >= 4 is 11.9 Å². The van der Waals surface area contributed by atoms with Gasteiger partial charge in [0.2, 0.25) is 0 Å². The number of rotatable bonds is 13. The van der Waals surface area contributed by atoms with Gasteiger partial charge in [-0.1, -0.05) is 69.8 Å². The van der Waals surface area contributed by atoms with Gasteiger partial charge in [0.1, 0.15) is 0 Å². The highest BCUT2D eigenvalue weighted by Crippen LogP contribution is 2.15. The highest BCUT2D eigenvalue weighted by atomic mass is 16.4. The molecule has 4 nitrogen and oxygen atoms in total. The average Bonchev–Trinajstić information content (AvgIpc) is 2.55. The minimum Gasteiger partial charge on any atom is -0.481 e. The molecule has 0 aliphatic rings. The molecule has 0 rings (SSSR count). The van der Waals surface area contributed by atoms with E-state index in [4.69, 9.17) is 10.2 Å². The third-order valence-electron chi connectivity index (χ3n) is 3.85. The number of hydrogen-bond acceptors (Lipinski definition) is 2. The Bertz CT molecular complexity index is 528. The van der Waals surface area contributed by atoms with Crippen LogP contribution in [0.4, 0.5) is 0 Å². The Hall–Kier alpha value is -2.20. The van der Waals surface area contributed by atoms with Crippen LogP contribution in [-0.4, -0.2) is 22.2 Å². The summed E-state index contributed by atoms with van der Waals surface area (Å²) < 4.78 is 0. The van der Waals surface area contributed by atoms with Gasteiger partial charge in [-0.25, -0.2) is 0 Å². The summed E-state index contributed by atoms with van der Waals surface area (Å²) >= 11 is 0. The van der Waals surface area contributed by atoms with Gasteiger partial charge in [0.05, 0.1) is 12.8 Å². The van der Waals surface area contributed by atoms with Gasteiger partial charge >= 0.3 is 11.9 Å². The van der Waals surface area contributed by atoms with Crippen molar-refractivity contribution in [3.63, 3.8) is 0 Å². The number of aliphatic carboxylic acids is 2. The minimum absolute atomic E-state index is 0.0184. The molecule has 0 radical (unpaired) electrons. The summed E-state index contributed by atoms with van der Waals surface area (Å²) in [5, 5.41) is 17.7. The number of carbonyl (C=O) groups is 2. The molecule has 25 heavy (non-hydrogen) atoms. The van der Waals surface area contributed by atoms with Crippen LogP contribution < -0.4 is 0 Å². The molecule has 0 heterocycles. The summed E-state index contributed by atoms with van der Waals surface area (Å²) in [6, 6.07) is 0. The normalized spacial score (nSPS) is 12.0. The molecule has 138 valence electrons. The van der Waals surface area contributed by atoms with E-state index in [9.17, 15) is 9.59 Å². The van der Waals surface area contributed by atoms with E-state index in [1.807, 2.05) is 0 Å². The first-order valence-corrected chi connectivity index (χ1v) is 9.06. The van der Waals surface area contributed by atoms with Crippen LogP contribution in [-0.2, 0) is 9.59 Å². The van der Waals surface area contributed by atoms with Gasteiger partial charge in [-0.2, -0.15) is 0 Å². The number of allylic oxidation sites excluding steroid dienone is 1. The van der Waals surface area contributed by atoms with E-state index in [-0.39, 0.29) is 18.8 Å². The minimum atomic E-state index is -0.935. The molecular weight excluding hydrogens is 316 g/mol. The second-order valence-electron chi connectivity index (χ2n) is 6.18. The highest BCUT2D eigenvalue weighted by molar-refractivity contribution is 5.68. The van der Waals surface area contributed by atoms with Gasteiger partial charge < -0.3 is 10.2 Å². The van der Waals surface area contributed by atoms with Crippen molar-refractivity contribution < 1.29 is 19.8 Å². The van der Waals surface area contributed by atoms with E-state index in [0.29, 0.717) is 0 Å². The zero-order valence-electron chi connectivity index (χ0n) is 15.2. The average molecular weight is 346 g/mol. The second-order valence-corrected chi connectivity index (χ2v) is 6.18. The van der Waals surface area contributed by atoms with Crippen LogP contribution in [0.3, 0.4) is 0 Å². The summed E-state index contributed by atoms with van der Waals surface area (Å²) in [5.74, 6) is 8.53. The standard InChI is InChI=1S/C21H30O4/c1-3-5-6-7-8-9-10-14-19(17-21(24)25)15-12-11-13-18(4-2)16-20(22)23/h4,18-19H,2-3,5-10,14,16-17H2,1H3,(H,22,23)(H,24,25)/t18-,19-/m1/s1. The fourth-order valence-corrected chi connectivity index (χ4v) is 2.43. The predicted molar refractivity (Wildman–Crippen MR) is 99.8 cm³/mol. The predicted octanol–water partition coefficient (Wildman–Crippen LogP) is 4.50. The fourth-order valence-electron chi connectivity index (χ4n) is 2.43. The zero-order chi connectivity index (χ0) is 18.9. The van der Waals surface area contributed by atoms with Crippen LogP contribution in [0.2, 0.25) is 0 Å². The molecule has 0 aromatic carbocycles. The first kappa shape index (κ1) is 22.8. The van der Waals surface area contributed by atoms with Crippen LogP contribution in [0.15, 0.2) is 12.7 Å².